The maximum Gasteiger partial charge on any atom is 0.0326 e. The van der Waals surface area contributed by atoms with E-state index in [4.69, 9.17) is 11.5 Å². The lowest BCUT2D eigenvalue weighted by Gasteiger charge is -2.26. The van der Waals surface area contributed by atoms with Crippen LogP contribution in [0, 0.1) is 0 Å². The van der Waals surface area contributed by atoms with Crippen molar-refractivity contribution in [2.45, 2.75) is 103 Å². The molecule has 4 N–H and O–H groups in total. The predicted molar refractivity (Wildman–Crippen MR) is 220 cm³/mol. The monoisotopic (exact) mass is 656 g/mol. The lowest BCUT2D eigenvalue weighted by atomic mass is 9.78. The van der Waals surface area contributed by atoms with Crippen molar-refractivity contribution in [3.05, 3.63) is 108 Å². The van der Waals surface area contributed by atoms with Crippen LogP contribution in [-0.2, 0) is 11.8 Å². The minimum Gasteiger partial charge on any atom is -0.399 e. The summed E-state index contributed by atoms with van der Waals surface area (Å²) in [6, 6.07) is 34.6. The second-order valence-corrected chi connectivity index (χ2v) is 16.2. The Bertz CT molecular complexity index is 2330. The third kappa shape index (κ3) is 5.77. The van der Waals surface area contributed by atoms with E-state index in [9.17, 15) is 0 Å². The molecule has 0 saturated heterocycles. The molecule has 8 rings (SSSR count). The van der Waals surface area contributed by atoms with Gasteiger partial charge in [-0.2, -0.15) is 0 Å². The summed E-state index contributed by atoms with van der Waals surface area (Å²) in [5, 5.41) is 9.91. The molecule has 2 heteroatoms. The fourth-order valence-electron chi connectivity index (χ4n) is 9.04. The molecule has 0 heterocycles. The van der Waals surface area contributed by atoms with Gasteiger partial charge in [0.15, 0.2) is 0 Å². The van der Waals surface area contributed by atoms with Gasteiger partial charge in [-0.3, -0.25) is 0 Å². The molecule has 7 aromatic carbocycles. The van der Waals surface area contributed by atoms with Crippen LogP contribution in [0.3, 0.4) is 0 Å². The number of hydrogen-bond donors (Lipinski definition) is 2. The van der Waals surface area contributed by atoms with Crippen molar-refractivity contribution in [2.24, 2.45) is 0 Å². The van der Waals surface area contributed by atoms with Crippen molar-refractivity contribution >= 4 is 54.5 Å². The molecule has 0 bridgehead atoms. The van der Waals surface area contributed by atoms with E-state index in [0.717, 1.165) is 11.4 Å². The lowest BCUT2D eigenvalue weighted by Crippen LogP contribution is -2.10. The summed E-state index contributed by atoms with van der Waals surface area (Å²) in [4.78, 5) is 0. The molecule has 0 unspecified atom stereocenters. The first kappa shape index (κ1) is 32.6. The predicted octanol–water partition coefficient (Wildman–Crippen LogP) is 13.7. The Kier molecular flexibility index (Phi) is 8.46. The number of nitrogens with two attached hydrogens (primary N) is 2. The van der Waals surface area contributed by atoms with E-state index in [0.29, 0.717) is 5.92 Å². The molecular formula is C48H52N2. The van der Waals surface area contributed by atoms with Gasteiger partial charge < -0.3 is 11.5 Å². The Morgan fingerprint density at radius 3 is 1.76 bits per heavy atom. The van der Waals surface area contributed by atoms with Crippen molar-refractivity contribution < 1.29 is 0 Å². The van der Waals surface area contributed by atoms with Crippen LogP contribution in [0.25, 0.3) is 65.3 Å². The molecule has 50 heavy (non-hydrogen) atoms. The lowest BCUT2D eigenvalue weighted by molar-refractivity contribution is 0.444. The number of benzene rings is 7. The molecular weight excluding hydrogens is 605 g/mol. The summed E-state index contributed by atoms with van der Waals surface area (Å²) in [7, 11) is 0. The molecule has 2 nitrogen and oxygen atoms in total. The SMILES string of the molecule is CCCCCCc1ccc(-c2ccc3c4ccc(-c5ccc(C(C)(C)C)cc5)c5cc(N)cc(c6cc(N)cc2c36)c54)c(C2CCCCC2)c1. The van der Waals surface area contributed by atoms with Crippen molar-refractivity contribution in [2.75, 3.05) is 11.5 Å². The molecule has 0 aliphatic heterocycles. The summed E-state index contributed by atoms with van der Waals surface area (Å²) in [6.45, 7) is 9.09. The van der Waals surface area contributed by atoms with E-state index in [2.05, 4.69) is 119 Å². The number of aryl methyl sites for hydroxylation is 1. The quantitative estimate of drug-likeness (QED) is 0.0740. The number of rotatable bonds is 8. The molecule has 254 valence electrons. The highest BCUT2D eigenvalue weighted by molar-refractivity contribution is 6.36. The second-order valence-electron chi connectivity index (χ2n) is 16.2. The first-order chi connectivity index (χ1) is 24.2. The second kappa shape index (κ2) is 13.0. The number of hydrogen-bond acceptors (Lipinski definition) is 2. The zero-order valence-electron chi connectivity index (χ0n) is 30.5. The van der Waals surface area contributed by atoms with Crippen LogP contribution in [-0.4, -0.2) is 0 Å². The van der Waals surface area contributed by atoms with Crippen LogP contribution >= 0.6 is 0 Å². The smallest absolute Gasteiger partial charge is 0.0326 e. The van der Waals surface area contributed by atoms with Gasteiger partial charge in [0.05, 0.1) is 0 Å². The van der Waals surface area contributed by atoms with Crippen LogP contribution in [0.4, 0.5) is 11.4 Å². The van der Waals surface area contributed by atoms with E-state index in [1.165, 1.54) is 141 Å². The van der Waals surface area contributed by atoms with Crippen LogP contribution in [0.15, 0.2) is 91.0 Å². The van der Waals surface area contributed by atoms with Crippen LogP contribution < -0.4 is 11.5 Å². The molecule has 0 aromatic heterocycles. The number of unbranched alkanes of at least 4 members (excludes halogenated alkanes) is 3. The first-order valence-electron chi connectivity index (χ1n) is 19.2. The zero-order valence-corrected chi connectivity index (χ0v) is 30.5. The summed E-state index contributed by atoms with van der Waals surface area (Å²) in [6.07, 6.45) is 12.9. The Balaban J connectivity index is 1.34. The largest absolute Gasteiger partial charge is 0.399 e. The average molecular weight is 657 g/mol. The van der Waals surface area contributed by atoms with Gasteiger partial charge in [0.1, 0.15) is 0 Å². The highest BCUT2D eigenvalue weighted by Gasteiger charge is 2.23. The molecule has 7 aromatic rings. The normalized spacial score (nSPS) is 14.5. The Morgan fingerprint density at radius 1 is 0.560 bits per heavy atom. The molecule has 0 radical (unpaired) electrons. The van der Waals surface area contributed by atoms with Gasteiger partial charge in [-0.15, -0.1) is 0 Å². The Labute approximate surface area is 298 Å². The van der Waals surface area contributed by atoms with Gasteiger partial charge in [-0.25, -0.2) is 0 Å². The number of fused-ring (bicyclic) bond motifs is 2. The van der Waals surface area contributed by atoms with Crippen molar-refractivity contribution in [1.29, 1.82) is 0 Å². The molecule has 1 fully saturated rings. The van der Waals surface area contributed by atoms with Crippen molar-refractivity contribution in [3.63, 3.8) is 0 Å². The van der Waals surface area contributed by atoms with Gasteiger partial charge in [-0.05, 0) is 143 Å². The minimum absolute atomic E-state index is 0.109. The Morgan fingerprint density at radius 2 is 1.14 bits per heavy atom. The van der Waals surface area contributed by atoms with Crippen molar-refractivity contribution in [3.8, 4) is 22.3 Å². The summed E-state index contributed by atoms with van der Waals surface area (Å²) in [5.74, 6) is 0.614. The highest BCUT2D eigenvalue weighted by atomic mass is 14.6. The molecule has 0 spiro atoms. The minimum atomic E-state index is 0.109. The van der Waals surface area contributed by atoms with Gasteiger partial charge in [0.25, 0.3) is 0 Å². The van der Waals surface area contributed by atoms with Gasteiger partial charge >= 0.3 is 0 Å². The molecule has 1 saturated carbocycles. The molecule has 1 aliphatic carbocycles. The first-order valence-corrected chi connectivity index (χ1v) is 19.2. The van der Waals surface area contributed by atoms with Gasteiger partial charge in [-0.1, -0.05) is 133 Å². The van der Waals surface area contributed by atoms with E-state index >= 15 is 0 Å². The van der Waals surface area contributed by atoms with Crippen LogP contribution in [0.1, 0.15) is 108 Å². The maximum atomic E-state index is 6.83. The van der Waals surface area contributed by atoms with E-state index < -0.39 is 0 Å². The average Bonchev–Trinajstić information content (AvgIpc) is 3.11. The summed E-state index contributed by atoms with van der Waals surface area (Å²) < 4.78 is 0. The number of nitrogen functional groups attached to an aromatic ring is 2. The van der Waals surface area contributed by atoms with Crippen LogP contribution in [0.2, 0.25) is 0 Å². The molecule has 0 amide bonds. The summed E-state index contributed by atoms with van der Waals surface area (Å²) >= 11 is 0. The third-order valence-corrected chi connectivity index (χ3v) is 11.7. The van der Waals surface area contributed by atoms with E-state index in [1.54, 1.807) is 5.56 Å². The molecule has 0 atom stereocenters. The fourth-order valence-corrected chi connectivity index (χ4v) is 9.04. The topological polar surface area (TPSA) is 52.0 Å². The number of anilines is 2. The Hall–Kier alpha value is -4.56. The van der Waals surface area contributed by atoms with Crippen LogP contribution in [0.5, 0.6) is 0 Å². The fraction of sp³-hybridized carbons (Fsp3) is 0.333. The zero-order chi connectivity index (χ0) is 34.6. The van der Waals surface area contributed by atoms with Crippen molar-refractivity contribution in [1.82, 2.24) is 0 Å². The molecule has 1 aliphatic rings. The van der Waals surface area contributed by atoms with E-state index in [-0.39, 0.29) is 5.41 Å². The van der Waals surface area contributed by atoms with E-state index in [1.807, 2.05) is 0 Å². The van der Waals surface area contributed by atoms with Gasteiger partial charge in [0, 0.05) is 11.4 Å². The third-order valence-electron chi connectivity index (χ3n) is 11.7. The standard InChI is InChI=1S/C48H52N2/c1-5-6-7-9-12-30-15-20-37(41(25-30)31-13-10-8-11-14-31)38-22-24-40-39-23-21-36(32-16-18-33(19-17-32)48(2,3)4)42-26-34(49)28-44(46(39)42)45-29-35(50)27-43(38)47(40)45/h15-29,31H,5-14,49-50H2,1-4H3. The van der Waals surface area contributed by atoms with Gasteiger partial charge in [0.2, 0.25) is 0 Å². The summed E-state index contributed by atoms with van der Waals surface area (Å²) in [5.41, 5.74) is 24.7. The highest BCUT2D eigenvalue weighted by Crippen LogP contribution is 2.48. The maximum absolute atomic E-state index is 6.83.